The maximum Gasteiger partial charge on any atom is 0.238 e. The second kappa shape index (κ2) is 8.84. The molecule has 0 unspecified atom stereocenters. The number of hydrogen-bond donors (Lipinski definition) is 2. The van der Waals surface area contributed by atoms with Crippen LogP contribution in [0.3, 0.4) is 0 Å². The highest BCUT2D eigenvalue weighted by Crippen LogP contribution is 2.15. The number of anilines is 2. The molecule has 0 radical (unpaired) electrons. The summed E-state index contributed by atoms with van der Waals surface area (Å²) in [5.41, 5.74) is 2.46. The maximum absolute atomic E-state index is 12.1. The van der Waals surface area contributed by atoms with Crippen molar-refractivity contribution in [3.05, 3.63) is 54.1 Å². The lowest BCUT2D eigenvalue weighted by Gasteiger charge is -2.16. The van der Waals surface area contributed by atoms with Crippen molar-refractivity contribution in [1.29, 1.82) is 0 Å². The molecule has 0 heterocycles. The van der Waals surface area contributed by atoms with Gasteiger partial charge in [0.1, 0.15) is 5.75 Å². The van der Waals surface area contributed by atoms with Gasteiger partial charge in [0.15, 0.2) is 0 Å². The van der Waals surface area contributed by atoms with Gasteiger partial charge in [0.05, 0.1) is 20.2 Å². The summed E-state index contributed by atoms with van der Waals surface area (Å²) in [4.78, 5) is 25.8. The normalized spacial score (nSPS) is 10.4. The molecule has 0 aliphatic carbocycles. The van der Waals surface area contributed by atoms with Crippen LogP contribution in [0.25, 0.3) is 0 Å². The van der Waals surface area contributed by atoms with Gasteiger partial charge in [0.25, 0.3) is 0 Å². The highest BCUT2D eigenvalue weighted by molar-refractivity contribution is 5.95. The number of carbonyl (C=O) groups is 2. The molecule has 2 aromatic rings. The van der Waals surface area contributed by atoms with Crippen LogP contribution in [0.4, 0.5) is 11.4 Å². The summed E-state index contributed by atoms with van der Waals surface area (Å²) >= 11 is 0. The van der Waals surface area contributed by atoms with Crippen LogP contribution in [0.15, 0.2) is 48.5 Å². The number of aryl methyl sites for hydroxylation is 1. The number of carbonyl (C=O) groups excluding carboxylic acids is 2. The molecule has 25 heavy (non-hydrogen) atoms. The zero-order valence-corrected chi connectivity index (χ0v) is 14.7. The van der Waals surface area contributed by atoms with Crippen molar-refractivity contribution in [3.8, 4) is 5.75 Å². The molecular weight excluding hydrogens is 318 g/mol. The number of benzene rings is 2. The second-order valence-corrected chi connectivity index (χ2v) is 5.81. The van der Waals surface area contributed by atoms with E-state index in [1.54, 1.807) is 43.3 Å². The highest BCUT2D eigenvalue weighted by atomic mass is 16.5. The van der Waals surface area contributed by atoms with Crippen molar-refractivity contribution in [3.63, 3.8) is 0 Å². The van der Waals surface area contributed by atoms with Gasteiger partial charge in [0.2, 0.25) is 11.8 Å². The number of rotatable bonds is 7. The van der Waals surface area contributed by atoms with E-state index in [-0.39, 0.29) is 24.9 Å². The SMILES string of the molecule is COc1ccc(NC(=O)CN(C)CC(=O)Nc2ccccc2C)cc1. The number of methoxy groups -OCH3 is 1. The average molecular weight is 341 g/mol. The first-order valence-corrected chi connectivity index (χ1v) is 7.96. The van der Waals surface area contributed by atoms with E-state index >= 15 is 0 Å². The first-order valence-electron chi connectivity index (χ1n) is 7.96. The number of ether oxygens (including phenoxy) is 1. The molecule has 0 aliphatic heterocycles. The van der Waals surface area contributed by atoms with E-state index in [0.717, 1.165) is 17.0 Å². The van der Waals surface area contributed by atoms with Crippen LogP contribution in [-0.4, -0.2) is 44.0 Å². The standard InChI is InChI=1S/C19H23N3O3/c1-14-6-4-5-7-17(14)21-19(24)13-22(2)12-18(23)20-15-8-10-16(25-3)11-9-15/h4-11H,12-13H2,1-3H3,(H,20,23)(H,21,24). The zero-order valence-electron chi connectivity index (χ0n) is 14.7. The Morgan fingerprint density at radius 2 is 1.56 bits per heavy atom. The van der Waals surface area contributed by atoms with Gasteiger partial charge in [0, 0.05) is 11.4 Å². The highest BCUT2D eigenvalue weighted by Gasteiger charge is 2.12. The Bertz CT molecular complexity index is 729. The van der Waals surface area contributed by atoms with Crippen molar-refractivity contribution in [2.75, 3.05) is 37.9 Å². The third kappa shape index (κ3) is 5.93. The van der Waals surface area contributed by atoms with Gasteiger partial charge in [-0.25, -0.2) is 0 Å². The summed E-state index contributed by atoms with van der Waals surface area (Å²) in [5.74, 6) is 0.383. The van der Waals surface area contributed by atoms with E-state index in [4.69, 9.17) is 4.74 Å². The molecule has 0 aliphatic rings. The smallest absolute Gasteiger partial charge is 0.238 e. The summed E-state index contributed by atoms with van der Waals surface area (Å²) in [7, 11) is 3.32. The van der Waals surface area contributed by atoms with Gasteiger partial charge in [-0.3, -0.25) is 14.5 Å². The van der Waals surface area contributed by atoms with E-state index < -0.39 is 0 Å². The largest absolute Gasteiger partial charge is 0.497 e. The molecule has 0 saturated heterocycles. The Labute approximate surface area is 147 Å². The molecule has 0 bridgehead atoms. The van der Waals surface area contributed by atoms with Gasteiger partial charge in [-0.2, -0.15) is 0 Å². The third-order valence-corrected chi connectivity index (χ3v) is 3.62. The molecule has 6 heteroatoms. The molecule has 2 N–H and O–H groups in total. The Kier molecular flexibility index (Phi) is 6.54. The average Bonchev–Trinajstić information content (AvgIpc) is 2.57. The molecule has 0 atom stereocenters. The van der Waals surface area contributed by atoms with Crippen LogP contribution < -0.4 is 15.4 Å². The quantitative estimate of drug-likeness (QED) is 0.812. The van der Waals surface area contributed by atoms with Crippen LogP contribution in [0.1, 0.15) is 5.56 Å². The molecule has 2 aromatic carbocycles. The predicted octanol–water partition coefficient (Wildman–Crippen LogP) is 2.51. The minimum atomic E-state index is -0.184. The fourth-order valence-corrected chi connectivity index (χ4v) is 2.32. The Hall–Kier alpha value is -2.86. The minimum absolute atomic E-state index is 0.118. The van der Waals surface area contributed by atoms with Crippen LogP contribution >= 0.6 is 0 Å². The molecule has 0 aromatic heterocycles. The predicted molar refractivity (Wildman–Crippen MR) is 98.9 cm³/mol. The van der Waals surface area contributed by atoms with Gasteiger partial charge in [-0.1, -0.05) is 18.2 Å². The molecule has 6 nitrogen and oxygen atoms in total. The molecular formula is C19H23N3O3. The lowest BCUT2D eigenvalue weighted by molar-refractivity contribution is -0.119. The van der Waals surface area contributed by atoms with Crippen molar-refractivity contribution >= 4 is 23.2 Å². The summed E-state index contributed by atoms with van der Waals surface area (Å²) < 4.78 is 5.07. The van der Waals surface area contributed by atoms with Gasteiger partial charge < -0.3 is 15.4 Å². The summed E-state index contributed by atoms with van der Waals surface area (Å²) in [6, 6.07) is 14.6. The molecule has 2 rings (SSSR count). The fourth-order valence-electron chi connectivity index (χ4n) is 2.32. The molecule has 132 valence electrons. The van der Waals surface area contributed by atoms with Crippen LogP contribution in [0.5, 0.6) is 5.75 Å². The number of hydrogen-bond acceptors (Lipinski definition) is 4. The number of nitrogens with zero attached hydrogens (tertiary/aromatic N) is 1. The first kappa shape index (κ1) is 18.5. The molecule has 0 fully saturated rings. The van der Waals surface area contributed by atoms with Crippen molar-refractivity contribution < 1.29 is 14.3 Å². The zero-order chi connectivity index (χ0) is 18.2. The summed E-state index contributed by atoms with van der Waals surface area (Å²) in [5, 5.41) is 5.64. The first-order chi connectivity index (χ1) is 12.0. The number of amides is 2. The van der Waals surface area contributed by atoms with E-state index in [1.165, 1.54) is 0 Å². The fraction of sp³-hybridized carbons (Fsp3) is 0.263. The summed E-state index contributed by atoms with van der Waals surface area (Å²) in [6.07, 6.45) is 0. The Balaban J connectivity index is 1.80. The third-order valence-electron chi connectivity index (χ3n) is 3.62. The van der Waals surface area contributed by atoms with Gasteiger partial charge in [-0.15, -0.1) is 0 Å². The number of likely N-dealkylation sites (N-methyl/N-ethyl adjacent to an activating group) is 1. The van der Waals surface area contributed by atoms with Gasteiger partial charge >= 0.3 is 0 Å². The Morgan fingerprint density at radius 3 is 2.16 bits per heavy atom. The van der Waals surface area contributed by atoms with Crippen molar-refractivity contribution in [2.24, 2.45) is 0 Å². The summed E-state index contributed by atoms with van der Waals surface area (Å²) in [6.45, 7) is 2.18. The van der Waals surface area contributed by atoms with Crippen molar-refractivity contribution in [2.45, 2.75) is 6.92 Å². The van der Waals surface area contributed by atoms with E-state index in [2.05, 4.69) is 10.6 Å². The van der Waals surface area contributed by atoms with E-state index in [9.17, 15) is 9.59 Å². The van der Waals surface area contributed by atoms with E-state index in [0.29, 0.717) is 5.69 Å². The van der Waals surface area contributed by atoms with Gasteiger partial charge in [-0.05, 0) is 49.9 Å². The molecule has 0 spiro atoms. The van der Waals surface area contributed by atoms with Crippen LogP contribution in [0.2, 0.25) is 0 Å². The molecule has 2 amide bonds. The lowest BCUT2D eigenvalue weighted by atomic mass is 10.2. The maximum atomic E-state index is 12.1. The number of para-hydroxylation sites is 1. The monoisotopic (exact) mass is 341 g/mol. The van der Waals surface area contributed by atoms with Crippen LogP contribution in [0, 0.1) is 6.92 Å². The van der Waals surface area contributed by atoms with Crippen molar-refractivity contribution in [1.82, 2.24) is 4.90 Å². The molecule has 0 saturated carbocycles. The van der Waals surface area contributed by atoms with E-state index in [1.807, 2.05) is 31.2 Å². The Morgan fingerprint density at radius 1 is 0.960 bits per heavy atom. The van der Waals surface area contributed by atoms with Crippen LogP contribution in [-0.2, 0) is 9.59 Å². The second-order valence-electron chi connectivity index (χ2n) is 5.81. The number of nitrogens with one attached hydrogen (secondary N) is 2. The topological polar surface area (TPSA) is 70.7 Å². The minimum Gasteiger partial charge on any atom is -0.497 e. The lowest BCUT2D eigenvalue weighted by Crippen LogP contribution is -2.36.